The van der Waals surface area contributed by atoms with Crippen LogP contribution in [0.5, 0.6) is 0 Å². The molecule has 0 saturated carbocycles. The number of rotatable bonds is 1. The van der Waals surface area contributed by atoms with Crippen molar-refractivity contribution in [3.05, 3.63) is 30.1 Å². The van der Waals surface area contributed by atoms with Crippen LogP contribution in [0.15, 0.2) is 24.4 Å². The van der Waals surface area contributed by atoms with Crippen LogP contribution in [0.25, 0.3) is 0 Å². The van der Waals surface area contributed by atoms with Crippen molar-refractivity contribution in [3.8, 4) is 0 Å². The first kappa shape index (κ1) is 12.2. The van der Waals surface area contributed by atoms with Gasteiger partial charge in [-0.05, 0) is 12.1 Å². The Hall–Kier alpha value is -1.92. The Morgan fingerprint density at radius 3 is 2.50 bits per heavy atom. The predicted octanol–water partition coefficient (Wildman–Crippen LogP) is 0.969. The van der Waals surface area contributed by atoms with E-state index in [1.54, 1.807) is 12.1 Å². The zero-order valence-electron chi connectivity index (χ0n) is 8.42. The van der Waals surface area contributed by atoms with Gasteiger partial charge in [0.1, 0.15) is 5.69 Å². The molecule has 0 spiro atoms. The summed E-state index contributed by atoms with van der Waals surface area (Å²) in [5.41, 5.74) is 5.67. The van der Waals surface area contributed by atoms with E-state index in [0.717, 1.165) is 7.05 Å². The van der Waals surface area contributed by atoms with Gasteiger partial charge in [0.15, 0.2) is 0 Å². The lowest BCUT2D eigenvalue weighted by atomic mass is 10.3. The zero-order chi connectivity index (χ0) is 12.3. The summed E-state index contributed by atoms with van der Waals surface area (Å²) in [4.78, 5) is 3.80. The highest BCUT2D eigenvalue weighted by atomic mass is 19.4. The summed E-state index contributed by atoms with van der Waals surface area (Å²) in [6.45, 7) is 0. The zero-order valence-corrected chi connectivity index (χ0v) is 8.42. The molecule has 0 atom stereocenters. The molecule has 0 aromatic carbocycles. The van der Waals surface area contributed by atoms with Gasteiger partial charge in [-0.1, -0.05) is 6.07 Å². The van der Waals surface area contributed by atoms with Crippen molar-refractivity contribution in [2.24, 2.45) is 5.73 Å². The first-order chi connectivity index (χ1) is 7.34. The van der Waals surface area contributed by atoms with Gasteiger partial charge in [0.2, 0.25) is 5.84 Å². The molecule has 86 valence electrons. The maximum atomic E-state index is 12.2. The molecule has 0 radical (unpaired) electrons. The number of halogens is 3. The summed E-state index contributed by atoms with van der Waals surface area (Å²) >= 11 is 0. The Bertz CT molecular complexity index is 422. The van der Waals surface area contributed by atoms with Gasteiger partial charge < -0.3 is 5.73 Å². The number of amidine groups is 2. The van der Waals surface area contributed by atoms with Crippen LogP contribution in [0, 0.1) is 5.41 Å². The number of pyridine rings is 1. The average Bonchev–Trinajstić information content (AvgIpc) is 2.26. The molecule has 16 heavy (non-hydrogen) atoms. The van der Waals surface area contributed by atoms with E-state index in [2.05, 4.69) is 4.98 Å². The smallest absolute Gasteiger partial charge is 0.317 e. The van der Waals surface area contributed by atoms with E-state index in [1.807, 2.05) is 0 Å². The molecule has 3 N–H and O–H groups in total. The number of nitrogens with zero attached hydrogens (tertiary/aromatic N) is 2. The third-order valence-corrected chi connectivity index (χ3v) is 1.89. The normalized spacial score (nSPS) is 13.2. The fraction of sp³-hybridized carbons (Fsp3) is 0.222. The van der Waals surface area contributed by atoms with Crippen LogP contribution in [0.2, 0.25) is 0 Å². The van der Waals surface area contributed by atoms with Gasteiger partial charge in [-0.25, -0.2) is 9.56 Å². The summed E-state index contributed by atoms with van der Waals surface area (Å²) in [6, 6.07) is 4.68. The van der Waals surface area contributed by atoms with Crippen LogP contribution in [0.4, 0.5) is 13.2 Å². The number of aromatic nitrogens is 1. The second kappa shape index (κ2) is 4.30. The topological polar surface area (TPSA) is 65.8 Å². The second-order valence-corrected chi connectivity index (χ2v) is 3.01. The summed E-state index contributed by atoms with van der Waals surface area (Å²) in [5, 5.41) is 6.90. The number of hydrogen-bond donors (Lipinski definition) is 2. The molecule has 7 heteroatoms. The Balaban J connectivity index is 3.12. The molecule has 0 fully saturated rings. The molecule has 0 unspecified atom stereocenters. The minimum Gasteiger partial charge on any atom is -0.317 e. The summed E-state index contributed by atoms with van der Waals surface area (Å²) in [6.07, 6.45) is -3.32. The SMILES string of the molecule is C/[N+](C(=N)C(F)(F)F)=C(/N)c1ccccn1. The molecule has 0 amide bonds. The standard InChI is InChI=1S/C9H9F3N4/c1-16(8(14)9(10,11)12)7(13)6-4-2-3-5-15-6/h2-5,13-14H,1H3/p+1. The van der Waals surface area contributed by atoms with Crippen LogP contribution < -0.4 is 5.73 Å². The molecule has 1 aromatic heterocycles. The van der Waals surface area contributed by atoms with Crippen LogP contribution in [-0.2, 0) is 0 Å². The van der Waals surface area contributed by atoms with Gasteiger partial charge in [-0.3, -0.25) is 0 Å². The largest absolute Gasteiger partial charge is 0.481 e. The molecule has 4 nitrogen and oxygen atoms in total. The predicted molar refractivity (Wildman–Crippen MR) is 52.5 cm³/mol. The molecule has 0 saturated heterocycles. The van der Waals surface area contributed by atoms with Crippen LogP contribution >= 0.6 is 0 Å². The fourth-order valence-electron chi connectivity index (χ4n) is 0.997. The molecule has 1 rings (SSSR count). The van der Waals surface area contributed by atoms with E-state index in [1.165, 1.54) is 12.3 Å². The highest BCUT2D eigenvalue weighted by molar-refractivity contribution is 5.95. The first-order valence-corrected chi connectivity index (χ1v) is 4.27. The van der Waals surface area contributed by atoms with Crippen molar-refractivity contribution < 1.29 is 17.7 Å². The summed E-state index contributed by atoms with van der Waals surface area (Å²) in [7, 11) is 1.07. The van der Waals surface area contributed by atoms with E-state index in [4.69, 9.17) is 11.1 Å². The first-order valence-electron chi connectivity index (χ1n) is 4.27. The van der Waals surface area contributed by atoms with E-state index < -0.39 is 12.0 Å². The van der Waals surface area contributed by atoms with E-state index >= 15 is 0 Å². The molecular weight excluding hydrogens is 221 g/mol. The highest BCUT2D eigenvalue weighted by Crippen LogP contribution is 2.16. The highest BCUT2D eigenvalue weighted by Gasteiger charge is 2.41. The third-order valence-electron chi connectivity index (χ3n) is 1.89. The summed E-state index contributed by atoms with van der Waals surface area (Å²) in [5.74, 6) is -1.75. The minimum absolute atomic E-state index is 0.194. The molecule has 1 heterocycles. The van der Waals surface area contributed by atoms with Gasteiger partial charge in [-0.2, -0.15) is 18.6 Å². The summed E-state index contributed by atoms with van der Waals surface area (Å²) < 4.78 is 37.2. The Labute approximate surface area is 89.7 Å². The number of alkyl halides is 3. The maximum Gasteiger partial charge on any atom is 0.481 e. The third kappa shape index (κ3) is 2.56. The van der Waals surface area contributed by atoms with Crippen molar-refractivity contribution in [1.82, 2.24) is 4.98 Å². The van der Waals surface area contributed by atoms with Crippen LogP contribution in [0.3, 0.4) is 0 Å². The van der Waals surface area contributed by atoms with Gasteiger partial charge >= 0.3 is 12.0 Å². The lowest BCUT2D eigenvalue weighted by molar-refractivity contribution is -0.396. The molecule has 0 aliphatic carbocycles. The van der Waals surface area contributed by atoms with Crippen molar-refractivity contribution in [3.63, 3.8) is 0 Å². The van der Waals surface area contributed by atoms with Crippen molar-refractivity contribution in [2.75, 3.05) is 7.05 Å². The monoisotopic (exact) mass is 231 g/mol. The molecule has 0 aliphatic rings. The number of nitrogens with two attached hydrogens (primary N) is 1. The Kier molecular flexibility index (Phi) is 3.26. The van der Waals surface area contributed by atoms with Crippen molar-refractivity contribution in [2.45, 2.75) is 6.18 Å². The number of hydrogen-bond acceptors (Lipinski definition) is 2. The van der Waals surface area contributed by atoms with E-state index in [0.29, 0.717) is 4.58 Å². The molecule has 0 aliphatic heterocycles. The van der Waals surface area contributed by atoms with E-state index in [9.17, 15) is 13.2 Å². The van der Waals surface area contributed by atoms with Crippen molar-refractivity contribution >= 4 is 11.7 Å². The van der Waals surface area contributed by atoms with Gasteiger partial charge in [-0.15, -0.1) is 0 Å². The van der Waals surface area contributed by atoms with Gasteiger partial charge in [0, 0.05) is 6.20 Å². The lowest BCUT2D eigenvalue weighted by Gasteiger charge is -2.08. The minimum atomic E-state index is -4.73. The Morgan fingerprint density at radius 1 is 1.44 bits per heavy atom. The fourth-order valence-corrected chi connectivity index (χ4v) is 0.997. The van der Waals surface area contributed by atoms with Gasteiger partial charge in [0.25, 0.3) is 0 Å². The average molecular weight is 231 g/mol. The molecule has 1 aromatic rings. The van der Waals surface area contributed by atoms with Crippen LogP contribution in [-0.4, -0.2) is 34.5 Å². The van der Waals surface area contributed by atoms with E-state index in [-0.39, 0.29) is 11.5 Å². The molecular formula is C9H10F3N4+. The maximum absolute atomic E-state index is 12.2. The van der Waals surface area contributed by atoms with Gasteiger partial charge in [0.05, 0.1) is 7.05 Å². The quantitative estimate of drug-likeness (QED) is 0.429. The Morgan fingerprint density at radius 2 is 2.06 bits per heavy atom. The number of nitrogens with one attached hydrogen (secondary N) is 1. The second-order valence-electron chi connectivity index (χ2n) is 3.01. The van der Waals surface area contributed by atoms with Crippen LogP contribution in [0.1, 0.15) is 5.69 Å². The lowest BCUT2D eigenvalue weighted by Crippen LogP contribution is -2.39. The molecule has 0 bridgehead atoms. The van der Waals surface area contributed by atoms with Crippen molar-refractivity contribution in [1.29, 1.82) is 5.41 Å².